The lowest BCUT2D eigenvalue weighted by atomic mass is 9.99. The van der Waals surface area contributed by atoms with Crippen molar-refractivity contribution in [2.45, 2.75) is 0 Å². The van der Waals surface area contributed by atoms with Crippen molar-refractivity contribution in [3.05, 3.63) is 182 Å². The molecule has 0 unspecified atom stereocenters. The molecule has 11 aromatic rings. The average Bonchev–Trinajstić information content (AvgIpc) is 3.86. The second kappa shape index (κ2) is 10.8. The fourth-order valence-corrected chi connectivity index (χ4v) is 8.20. The number of hydrogen-bond donors (Lipinski definition) is 0. The van der Waals surface area contributed by atoms with Crippen molar-refractivity contribution in [3.63, 3.8) is 0 Å². The highest BCUT2D eigenvalue weighted by atomic mass is 16.3. The third kappa shape index (κ3) is 4.19. The molecule has 0 amide bonds. The predicted octanol–water partition coefficient (Wildman–Crippen LogP) is 13.1. The summed E-state index contributed by atoms with van der Waals surface area (Å²) in [5, 5.41) is 7.35. The first kappa shape index (κ1) is 28.0. The van der Waals surface area contributed by atoms with Gasteiger partial charge >= 0.3 is 0 Å². The van der Waals surface area contributed by atoms with Gasteiger partial charge in [-0.1, -0.05) is 121 Å². The van der Waals surface area contributed by atoms with Gasteiger partial charge in [0.1, 0.15) is 11.2 Å². The van der Waals surface area contributed by atoms with Gasteiger partial charge in [0.05, 0.1) is 22.1 Å². The molecule has 0 atom stereocenters. The van der Waals surface area contributed by atoms with Crippen LogP contribution in [0.3, 0.4) is 0 Å². The molecule has 0 aliphatic rings. The van der Waals surface area contributed by atoms with E-state index in [0.29, 0.717) is 0 Å². The van der Waals surface area contributed by atoms with E-state index in [1.165, 1.54) is 71.6 Å². The Balaban J connectivity index is 1.02. The highest BCUT2D eigenvalue weighted by Crippen LogP contribution is 2.42. The molecule has 51 heavy (non-hydrogen) atoms. The van der Waals surface area contributed by atoms with Gasteiger partial charge in [-0.3, -0.25) is 0 Å². The van der Waals surface area contributed by atoms with Gasteiger partial charge in [0.2, 0.25) is 0 Å². The summed E-state index contributed by atoms with van der Waals surface area (Å²) in [5.74, 6) is 0. The van der Waals surface area contributed by atoms with Crippen molar-refractivity contribution in [1.82, 2.24) is 9.13 Å². The molecule has 0 saturated heterocycles. The minimum atomic E-state index is 0.919. The average molecular weight is 651 g/mol. The molecule has 238 valence electrons. The Morgan fingerprint density at radius 2 is 0.863 bits per heavy atom. The monoisotopic (exact) mass is 650 g/mol. The van der Waals surface area contributed by atoms with Crippen LogP contribution in [0.2, 0.25) is 0 Å². The Hall–Kier alpha value is -6.84. The van der Waals surface area contributed by atoms with Crippen LogP contribution in [-0.4, -0.2) is 9.13 Å². The maximum Gasteiger partial charge on any atom is 0.135 e. The zero-order chi connectivity index (χ0) is 33.5. The first-order chi connectivity index (χ1) is 25.3. The van der Waals surface area contributed by atoms with Gasteiger partial charge in [-0.05, 0) is 82.9 Å². The normalized spacial score (nSPS) is 11.9. The van der Waals surface area contributed by atoms with Crippen molar-refractivity contribution in [2.24, 2.45) is 0 Å². The van der Waals surface area contributed by atoms with Crippen LogP contribution in [0, 0.1) is 0 Å². The first-order valence-corrected chi connectivity index (χ1v) is 17.4. The van der Waals surface area contributed by atoms with E-state index in [0.717, 1.165) is 27.6 Å². The zero-order valence-electron chi connectivity index (χ0n) is 27.6. The molecule has 0 radical (unpaired) electrons. The van der Waals surface area contributed by atoms with E-state index in [4.69, 9.17) is 4.42 Å². The van der Waals surface area contributed by atoms with E-state index < -0.39 is 0 Å². The van der Waals surface area contributed by atoms with Gasteiger partial charge in [-0.2, -0.15) is 0 Å². The SMILES string of the molecule is c1ccc(-n2c3ccccc3c3ccc4c(c5ccccc5n4-c4ccc(-c5ccc(-c6ccc7oc8ccccc8c7c6)cc5)cc4)c32)cc1. The lowest BCUT2D eigenvalue weighted by Gasteiger charge is -2.11. The summed E-state index contributed by atoms with van der Waals surface area (Å²) >= 11 is 0. The molecule has 3 heteroatoms. The summed E-state index contributed by atoms with van der Waals surface area (Å²) in [4.78, 5) is 0. The zero-order valence-corrected chi connectivity index (χ0v) is 27.6. The third-order valence-electron chi connectivity index (χ3n) is 10.5. The molecule has 0 aliphatic heterocycles. The fourth-order valence-electron chi connectivity index (χ4n) is 8.20. The number of fused-ring (bicyclic) bond motifs is 10. The molecular formula is C48H30N2O. The summed E-state index contributed by atoms with van der Waals surface area (Å²) in [6, 6.07) is 65.5. The van der Waals surface area contributed by atoms with Gasteiger partial charge in [-0.15, -0.1) is 0 Å². The maximum atomic E-state index is 6.06. The Morgan fingerprint density at radius 3 is 1.63 bits per heavy atom. The van der Waals surface area contributed by atoms with E-state index in [1.54, 1.807) is 0 Å². The van der Waals surface area contributed by atoms with Crippen LogP contribution >= 0.6 is 0 Å². The summed E-state index contributed by atoms with van der Waals surface area (Å²) in [7, 11) is 0. The summed E-state index contributed by atoms with van der Waals surface area (Å²) in [6.45, 7) is 0. The maximum absolute atomic E-state index is 6.06. The van der Waals surface area contributed by atoms with Gasteiger partial charge in [0, 0.05) is 43.7 Å². The summed E-state index contributed by atoms with van der Waals surface area (Å²) in [5.41, 5.74) is 13.8. The van der Waals surface area contributed by atoms with Gasteiger partial charge < -0.3 is 13.6 Å². The number of para-hydroxylation sites is 4. The second-order valence-electron chi connectivity index (χ2n) is 13.3. The van der Waals surface area contributed by atoms with Gasteiger partial charge in [0.15, 0.2) is 0 Å². The minimum absolute atomic E-state index is 0.919. The molecule has 0 bridgehead atoms. The second-order valence-corrected chi connectivity index (χ2v) is 13.3. The quantitative estimate of drug-likeness (QED) is 0.186. The van der Waals surface area contributed by atoms with Crippen molar-refractivity contribution in [2.75, 3.05) is 0 Å². The Kier molecular flexibility index (Phi) is 5.96. The van der Waals surface area contributed by atoms with E-state index in [-0.39, 0.29) is 0 Å². The standard InChI is InChI=1S/C48H30N2O/c1-2-10-35(11-3-1)50-42-15-7-4-12-37(42)39-27-28-44-47(48(39)50)40-14-5-8-16-43(40)49(44)36-25-22-32(23-26-36)31-18-20-33(21-19-31)34-24-29-46-41(30-34)38-13-6-9-17-45(38)51-46/h1-30H. The van der Waals surface area contributed by atoms with E-state index >= 15 is 0 Å². The number of hydrogen-bond acceptors (Lipinski definition) is 1. The van der Waals surface area contributed by atoms with Crippen LogP contribution in [-0.2, 0) is 0 Å². The molecular weight excluding hydrogens is 621 g/mol. The molecule has 3 nitrogen and oxygen atoms in total. The molecule has 3 aromatic heterocycles. The lowest BCUT2D eigenvalue weighted by molar-refractivity contribution is 0.669. The minimum Gasteiger partial charge on any atom is -0.456 e. The number of aromatic nitrogens is 2. The van der Waals surface area contributed by atoms with E-state index in [2.05, 4.69) is 179 Å². The summed E-state index contributed by atoms with van der Waals surface area (Å²) < 4.78 is 10.9. The number of rotatable bonds is 4. The Labute approximate surface area is 293 Å². The van der Waals surface area contributed by atoms with Crippen LogP contribution in [0.25, 0.3) is 99.2 Å². The van der Waals surface area contributed by atoms with Crippen molar-refractivity contribution >= 4 is 65.6 Å². The smallest absolute Gasteiger partial charge is 0.135 e. The Bertz CT molecular complexity index is 3100. The molecule has 11 rings (SSSR count). The van der Waals surface area contributed by atoms with E-state index in [1.807, 2.05) is 12.1 Å². The largest absolute Gasteiger partial charge is 0.456 e. The van der Waals surface area contributed by atoms with Gasteiger partial charge in [0.25, 0.3) is 0 Å². The molecule has 3 heterocycles. The molecule has 0 spiro atoms. The van der Waals surface area contributed by atoms with Crippen LogP contribution < -0.4 is 0 Å². The van der Waals surface area contributed by atoms with Crippen LogP contribution in [0.15, 0.2) is 186 Å². The Morgan fingerprint density at radius 1 is 0.314 bits per heavy atom. The van der Waals surface area contributed by atoms with Crippen LogP contribution in [0.5, 0.6) is 0 Å². The van der Waals surface area contributed by atoms with Crippen molar-refractivity contribution in [3.8, 4) is 33.6 Å². The lowest BCUT2D eigenvalue weighted by Crippen LogP contribution is -1.95. The molecule has 8 aromatic carbocycles. The van der Waals surface area contributed by atoms with Crippen molar-refractivity contribution < 1.29 is 4.42 Å². The fraction of sp³-hybridized carbons (Fsp3) is 0. The number of nitrogens with zero attached hydrogens (tertiary/aromatic N) is 2. The molecule has 0 N–H and O–H groups in total. The molecule has 0 fully saturated rings. The number of benzene rings is 8. The topological polar surface area (TPSA) is 23.0 Å². The molecule has 0 saturated carbocycles. The first-order valence-electron chi connectivity index (χ1n) is 17.4. The van der Waals surface area contributed by atoms with Crippen LogP contribution in [0.4, 0.5) is 0 Å². The predicted molar refractivity (Wildman–Crippen MR) is 213 cm³/mol. The highest BCUT2D eigenvalue weighted by molar-refractivity contribution is 6.26. The number of furan rings is 1. The van der Waals surface area contributed by atoms with Crippen LogP contribution in [0.1, 0.15) is 0 Å². The third-order valence-corrected chi connectivity index (χ3v) is 10.5. The molecule has 0 aliphatic carbocycles. The highest BCUT2D eigenvalue weighted by Gasteiger charge is 2.20. The van der Waals surface area contributed by atoms with Crippen molar-refractivity contribution in [1.29, 1.82) is 0 Å². The van der Waals surface area contributed by atoms with E-state index in [9.17, 15) is 0 Å². The van der Waals surface area contributed by atoms with Gasteiger partial charge in [-0.25, -0.2) is 0 Å². The summed E-state index contributed by atoms with van der Waals surface area (Å²) in [6.07, 6.45) is 0.